The van der Waals surface area contributed by atoms with Gasteiger partial charge in [-0.15, -0.1) is 11.3 Å². The average Bonchev–Trinajstić information content (AvgIpc) is 2.78. The Morgan fingerprint density at radius 1 is 1.17 bits per heavy atom. The number of rotatable bonds is 5. The van der Waals surface area contributed by atoms with Crippen LogP contribution in [0.1, 0.15) is 53.9 Å². The summed E-state index contributed by atoms with van der Waals surface area (Å²) >= 11 is 1.69. The number of hydrogen-bond donors (Lipinski definition) is 1. The molecule has 0 aliphatic carbocycles. The van der Waals surface area contributed by atoms with Crippen molar-refractivity contribution in [3.05, 3.63) is 51.0 Å². The zero-order chi connectivity index (χ0) is 17.0. The van der Waals surface area contributed by atoms with Crippen LogP contribution in [0.2, 0.25) is 0 Å². The van der Waals surface area contributed by atoms with Gasteiger partial charge in [-0.05, 0) is 24.8 Å². The Morgan fingerprint density at radius 2 is 1.83 bits per heavy atom. The Bertz CT molecular complexity index is 666. The molecule has 0 fully saturated rings. The van der Waals surface area contributed by atoms with E-state index in [0.717, 1.165) is 17.1 Å². The van der Waals surface area contributed by atoms with Gasteiger partial charge in [-0.2, -0.15) is 0 Å². The third-order valence-electron chi connectivity index (χ3n) is 3.55. The molecule has 0 atom stereocenters. The van der Waals surface area contributed by atoms with Gasteiger partial charge in [-0.1, -0.05) is 50.6 Å². The van der Waals surface area contributed by atoms with Crippen LogP contribution in [0.25, 0.3) is 0 Å². The molecule has 0 bridgehead atoms. The lowest BCUT2D eigenvalue weighted by molar-refractivity contribution is -0.122. The van der Waals surface area contributed by atoms with Crippen molar-refractivity contribution in [1.82, 2.24) is 10.3 Å². The van der Waals surface area contributed by atoms with Crippen LogP contribution in [0.3, 0.4) is 0 Å². The minimum Gasteiger partial charge on any atom is -0.350 e. The van der Waals surface area contributed by atoms with Gasteiger partial charge in [0.1, 0.15) is 5.01 Å². The molecule has 0 radical (unpaired) electrons. The van der Waals surface area contributed by atoms with Crippen molar-refractivity contribution in [1.29, 1.82) is 0 Å². The topological polar surface area (TPSA) is 42.0 Å². The number of thiazole rings is 1. The molecule has 0 aliphatic rings. The summed E-state index contributed by atoms with van der Waals surface area (Å²) in [5.74, 6) is 0.0884. The standard InChI is InChI=1S/C19H26N2OS/c1-13-6-8-15(9-7-13)10-16-14(2)21-18(23-16)12-20-17(22)11-19(3,4)5/h6-9H,10-12H2,1-5H3,(H,20,22). The van der Waals surface area contributed by atoms with Gasteiger partial charge in [0.2, 0.25) is 5.91 Å². The van der Waals surface area contributed by atoms with Crippen molar-refractivity contribution in [2.45, 2.75) is 54.0 Å². The smallest absolute Gasteiger partial charge is 0.220 e. The fourth-order valence-corrected chi connectivity index (χ4v) is 3.38. The summed E-state index contributed by atoms with van der Waals surface area (Å²) in [7, 11) is 0. The Morgan fingerprint density at radius 3 is 2.43 bits per heavy atom. The molecule has 1 aromatic carbocycles. The Balaban J connectivity index is 1.95. The maximum atomic E-state index is 11.9. The van der Waals surface area contributed by atoms with Crippen molar-refractivity contribution in [3.63, 3.8) is 0 Å². The maximum Gasteiger partial charge on any atom is 0.220 e. The number of aryl methyl sites for hydroxylation is 2. The molecule has 124 valence electrons. The van der Waals surface area contributed by atoms with Gasteiger partial charge in [0.15, 0.2) is 0 Å². The molecule has 3 nitrogen and oxygen atoms in total. The second-order valence-electron chi connectivity index (χ2n) is 7.29. The van der Waals surface area contributed by atoms with Gasteiger partial charge >= 0.3 is 0 Å². The van der Waals surface area contributed by atoms with Crippen LogP contribution in [-0.2, 0) is 17.8 Å². The Labute approximate surface area is 143 Å². The van der Waals surface area contributed by atoms with Crippen LogP contribution in [-0.4, -0.2) is 10.9 Å². The highest BCUT2D eigenvalue weighted by Gasteiger charge is 2.16. The molecule has 0 spiro atoms. The minimum absolute atomic E-state index is 0.0134. The van der Waals surface area contributed by atoms with Crippen LogP contribution >= 0.6 is 11.3 Å². The lowest BCUT2D eigenvalue weighted by Crippen LogP contribution is -2.27. The number of nitrogens with one attached hydrogen (secondary N) is 1. The van der Waals surface area contributed by atoms with Gasteiger partial charge in [-0.3, -0.25) is 4.79 Å². The number of carbonyl (C=O) groups is 1. The molecule has 2 rings (SSSR count). The summed E-state index contributed by atoms with van der Waals surface area (Å²) in [4.78, 5) is 17.8. The van der Waals surface area contributed by atoms with E-state index in [9.17, 15) is 4.79 Å². The first-order valence-corrected chi connectivity index (χ1v) is 8.82. The van der Waals surface area contributed by atoms with Crippen molar-refractivity contribution < 1.29 is 4.79 Å². The van der Waals surface area contributed by atoms with E-state index in [1.165, 1.54) is 16.0 Å². The highest BCUT2D eigenvalue weighted by Crippen LogP contribution is 2.22. The zero-order valence-corrected chi connectivity index (χ0v) is 15.5. The lowest BCUT2D eigenvalue weighted by atomic mass is 9.92. The molecule has 0 saturated heterocycles. The average molecular weight is 330 g/mol. The van der Waals surface area contributed by atoms with E-state index >= 15 is 0 Å². The van der Waals surface area contributed by atoms with E-state index in [4.69, 9.17) is 0 Å². The molecular weight excluding hydrogens is 304 g/mol. The highest BCUT2D eigenvalue weighted by molar-refractivity contribution is 7.11. The van der Waals surface area contributed by atoms with Crippen LogP contribution < -0.4 is 5.32 Å². The normalized spacial score (nSPS) is 11.5. The van der Waals surface area contributed by atoms with Crippen molar-refractivity contribution in [3.8, 4) is 0 Å². The minimum atomic E-state index is 0.0134. The number of amides is 1. The van der Waals surface area contributed by atoms with Crippen molar-refractivity contribution >= 4 is 17.2 Å². The molecule has 1 N–H and O–H groups in total. The quantitative estimate of drug-likeness (QED) is 0.882. The van der Waals surface area contributed by atoms with E-state index in [0.29, 0.717) is 13.0 Å². The SMILES string of the molecule is Cc1ccc(Cc2sc(CNC(=O)CC(C)(C)C)nc2C)cc1. The van der Waals surface area contributed by atoms with Gasteiger partial charge in [0.05, 0.1) is 12.2 Å². The van der Waals surface area contributed by atoms with Crippen LogP contribution in [0, 0.1) is 19.3 Å². The monoisotopic (exact) mass is 330 g/mol. The molecule has 1 aromatic heterocycles. The molecule has 1 amide bonds. The summed E-state index contributed by atoms with van der Waals surface area (Å²) in [5, 5.41) is 3.95. The molecule has 0 unspecified atom stereocenters. The first-order valence-electron chi connectivity index (χ1n) is 8.00. The highest BCUT2D eigenvalue weighted by atomic mass is 32.1. The van der Waals surface area contributed by atoms with E-state index in [1.54, 1.807) is 11.3 Å². The van der Waals surface area contributed by atoms with Gasteiger partial charge < -0.3 is 5.32 Å². The number of hydrogen-bond acceptors (Lipinski definition) is 3. The molecule has 0 saturated carbocycles. The predicted octanol–water partition coefficient (Wildman–Crippen LogP) is 4.40. The van der Waals surface area contributed by atoms with Crippen LogP contribution in [0.15, 0.2) is 24.3 Å². The summed E-state index contributed by atoms with van der Waals surface area (Å²) in [5.41, 5.74) is 3.65. The largest absolute Gasteiger partial charge is 0.350 e. The molecule has 2 aromatic rings. The molecule has 4 heteroatoms. The second-order valence-corrected chi connectivity index (χ2v) is 8.46. The van der Waals surface area contributed by atoms with Gasteiger partial charge in [0.25, 0.3) is 0 Å². The molecule has 0 aliphatic heterocycles. The summed E-state index contributed by atoms with van der Waals surface area (Å²) in [6, 6.07) is 8.61. The van der Waals surface area contributed by atoms with E-state index in [2.05, 4.69) is 62.3 Å². The van der Waals surface area contributed by atoms with Crippen LogP contribution in [0.4, 0.5) is 0 Å². The molecule has 1 heterocycles. The summed E-state index contributed by atoms with van der Waals surface area (Å²) in [6.45, 7) is 10.9. The third kappa shape index (κ3) is 5.79. The number of nitrogens with zero attached hydrogens (tertiary/aromatic N) is 1. The summed E-state index contributed by atoms with van der Waals surface area (Å²) < 4.78 is 0. The van der Waals surface area contributed by atoms with E-state index in [-0.39, 0.29) is 11.3 Å². The lowest BCUT2D eigenvalue weighted by Gasteiger charge is -2.16. The van der Waals surface area contributed by atoms with Gasteiger partial charge in [-0.25, -0.2) is 4.98 Å². The third-order valence-corrected chi connectivity index (χ3v) is 4.71. The Hall–Kier alpha value is -1.68. The number of aromatic nitrogens is 1. The zero-order valence-electron chi connectivity index (χ0n) is 14.7. The first kappa shape index (κ1) is 17.7. The Kier molecular flexibility index (Phi) is 5.58. The second kappa shape index (κ2) is 7.26. The fraction of sp³-hybridized carbons (Fsp3) is 0.474. The van der Waals surface area contributed by atoms with E-state index < -0.39 is 0 Å². The fourth-order valence-electron chi connectivity index (χ4n) is 2.34. The van der Waals surface area contributed by atoms with Crippen molar-refractivity contribution in [2.24, 2.45) is 5.41 Å². The van der Waals surface area contributed by atoms with Crippen molar-refractivity contribution in [2.75, 3.05) is 0 Å². The van der Waals surface area contributed by atoms with Crippen LogP contribution in [0.5, 0.6) is 0 Å². The number of carbonyl (C=O) groups excluding carboxylic acids is 1. The predicted molar refractivity (Wildman–Crippen MR) is 96.8 cm³/mol. The van der Waals surface area contributed by atoms with Gasteiger partial charge in [0, 0.05) is 17.7 Å². The van der Waals surface area contributed by atoms with E-state index in [1.807, 2.05) is 6.92 Å². The summed E-state index contributed by atoms with van der Waals surface area (Å²) in [6.07, 6.45) is 1.44. The number of benzene rings is 1. The first-order chi connectivity index (χ1) is 10.7. The molecule has 23 heavy (non-hydrogen) atoms. The molecular formula is C19H26N2OS. The maximum absolute atomic E-state index is 11.9.